The number of carbonyl (C=O) groups is 1. The fourth-order valence-corrected chi connectivity index (χ4v) is 2.85. The Bertz CT molecular complexity index is 236. The van der Waals surface area contributed by atoms with Gasteiger partial charge in [-0.1, -0.05) is 91.4 Å². The van der Waals surface area contributed by atoms with E-state index in [1.807, 2.05) is 0 Å². The van der Waals surface area contributed by atoms with Crippen molar-refractivity contribution in [3.63, 3.8) is 0 Å². The lowest BCUT2D eigenvalue weighted by Gasteiger charge is -2.12. The zero-order valence-electron chi connectivity index (χ0n) is 14.7. The van der Waals surface area contributed by atoms with Crippen LogP contribution in [0, 0.1) is 11.8 Å². The zero-order chi connectivity index (χ0) is 15.9. The maximum atomic E-state index is 10.4. The minimum atomic E-state index is -0.655. The molecule has 2 heteroatoms. The molecule has 0 aromatic heterocycles. The molecule has 0 rings (SSSR count). The second-order valence-electron chi connectivity index (χ2n) is 7.19. The van der Waals surface area contributed by atoms with E-state index in [4.69, 9.17) is 5.11 Å². The van der Waals surface area contributed by atoms with Gasteiger partial charge in [0.15, 0.2) is 0 Å². The van der Waals surface area contributed by atoms with E-state index in [-0.39, 0.29) is 0 Å². The maximum Gasteiger partial charge on any atom is 0.303 e. The van der Waals surface area contributed by atoms with Crippen LogP contribution >= 0.6 is 0 Å². The van der Waals surface area contributed by atoms with Crippen molar-refractivity contribution < 1.29 is 9.90 Å². The van der Waals surface area contributed by atoms with E-state index in [0.29, 0.717) is 6.42 Å². The van der Waals surface area contributed by atoms with Gasteiger partial charge in [-0.25, -0.2) is 0 Å². The summed E-state index contributed by atoms with van der Waals surface area (Å²) < 4.78 is 0. The van der Waals surface area contributed by atoms with Crippen LogP contribution in [0.4, 0.5) is 0 Å². The Morgan fingerprint density at radius 1 is 0.714 bits per heavy atom. The molecule has 0 aliphatic heterocycles. The molecule has 0 saturated carbocycles. The number of rotatable bonds is 15. The Morgan fingerprint density at radius 3 is 1.71 bits per heavy atom. The molecule has 1 N–H and O–H groups in total. The van der Waals surface area contributed by atoms with Crippen molar-refractivity contribution in [1.29, 1.82) is 0 Å². The molecule has 1 atom stereocenters. The van der Waals surface area contributed by atoms with Crippen molar-refractivity contribution in [2.45, 2.75) is 104 Å². The third-order valence-corrected chi connectivity index (χ3v) is 4.32. The van der Waals surface area contributed by atoms with Crippen LogP contribution in [0.15, 0.2) is 0 Å². The zero-order valence-corrected chi connectivity index (χ0v) is 14.7. The van der Waals surface area contributed by atoms with Gasteiger partial charge >= 0.3 is 5.97 Å². The molecule has 0 spiro atoms. The van der Waals surface area contributed by atoms with Crippen LogP contribution in [-0.4, -0.2) is 11.1 Å². The predicted molar refractivity (Wildman–Crippen MR) is 91.7 cm³/mol. The van der Waals surface area contributed by atoms with E-state index in [0.717, 1.165) is 24.7 Å². The lowest BCUT2D eigenvalue weighted by Crippen LogP contribution is -1.97. The van der Waals surface area contributed by atoms with Gasteiger partial charge in [0.1, 0.15) is 0 Å². The fraction of sp³-hybridized carbons (Fsp3) is 0.947. The summed E-state index contributed by atoms with van der Waals surface area (Å²) in [5.74, 6) is 1.10. The first-order chi connectivity index (χ1) is 10.0. The van der Waals surface area contributed by atoms with Crippen LogP contribution < -0.4 is 0 Å². The first kappa shape index (κ1) is 20.5. The van der Waals surface area contributed by atoms with Crippen molar-refractivity contribution >= 4 is 5.97 Å². The Labute approximate surface area is 132 Å². The lowest BCUT2D eigenvalue weighted by atomic mass is 9.95. The normalized spacial score (nSPS) is 12.8. The van der Waals surface area contributed by atoms with Crippen LogP contribution in [0.5, 0.6) is 0 Å². The molecular weight excluding hydrogens is 260 g/mol. The molecular formula is C19H38O2. The molecule has 21 heavy (non-hydrogen) atoms. The van der Waals surface area contributed by atoms with Crippen molar-refractivity contribution in [1.82, 2.24) is 0 Å². The molecule has 0 radical (unpaired) electrons. The maximum absolute atomic E-state index is 10.4. The smallest absolute Gasteiger partial charge is 0.303 e. The van der Waals surface area contributed by atoms with Crippen LogP contribution in [0.2, 0.25) is 0 Å². The van der Waals surface area contributed by atoms with E-state index in [2.05, 4.69) is 20.8 Å². The van der Waals surface area contributed by atoms with E-state index < -0.39 is 5.97 Å². The third kappa shape index (κ3) is 17.4. The first-order valence-corrected chi connectivity index (χ1v) is 9.24. The summed E-state index contributed by atoms with van der Waals surface area (Å²) in [4.78, 5) is 10.4. The number of carboxylic acid groups (broad SMARTS) is 1. The van der Waals surface area contributed by atoms with Crippen LogP contribution in [0.1, 0.15) is 104 Å². The minimum Gasteiger partial charge on any atom is -0.481 e. The third-order valence-electron chi connectivity index (χ3n) is 4.32. The summed E-state index contributed by atoms with van der Waals surface area (Å²) in [6.07, 6.45) is 15.8. The van der Waals surface area contributed by atoms with Gasteiger partial charge in [0.2, 0.25) is 0 Å². The second kappa shape index (κ2) is 14.4. The van der Waals surface area contributed by atoms with E-state index >= 15 is 0 Å². The van der Waals surface area contributed by atoms with E-state index in [1.165, 1.54) is 64.2 Å². The highest BCUT2D eigenvalue weighted by molar-refractivity contribution is 5.66. The number of hydrogen-bond acceptors (Lipinski definition) is 1. The molecule has 0 aliphatic carbocycles. The summed E-state index contributed by atoms with van der Waals surface area (Å²) in [5, 5.41) is 8.54. The second-order valence-corrected chi connectivity index (χ2v) is 7.19. The topological polar surface area (TPSA) is 37.3 Å². The van der Waals surface area contributed by atoms with Crippen molar-refractivity contribution in [2.24, 2.45) is 11.8 Å². The molecule has 0 heterocycles. The molecule has 0 aromatic rings. The lowest BCUT2D eigenvalue weighted by molar-refractivity contribution is -0.137. The van der Waals surface area contributed by atoms with Crippen molar-refractivity contribution in [3.8, 4) is 0 Å². The highest BCUT2D eigenvalue weighted by Gasteiger charge is 2.03. The van der Waals surface area contributed by atoms with Crippen LogP contribution in [0.25, 0.3) is 0 Å². The molecule has 0 fully saturated rings. The van der Waals surface area contributed by atoms with Gasteiger partial charge in [-0.2, -0.15) is 0 Å². The summed E-state index contributed by atoms with van der Waals surface area (Å²) in [5.41, 5.74) is 0. The van der Waals surface area contributed by atoms with Gasteiger partial charge in [0, 0.05) is 6.42 Å². The number of unbranched alkanes of at least 4 members (excludes halogenated alkanes) is 7. The van der Waals surface area contributed by atoms with Gasteiger partial charge in [0.05, 0.1) is 0 Å². The highest BCUT2D eigenvalue weighted by Crippen LogP contribution is 2.18. The average molecular weight is 299 g/mol. The average Bonchev–Trinajstić information content (AvgIpc) is 2.40. The number of carboxylic acids is 1. The summed E-state index contributed by atoms with van der Waals surface area (Å²) in [7, 11) is 0. The molecule has 0 amide bonds. The summed E-state index contributed by atoms with van der Waals surface area (Å²) >= 11 is 0. The van der Waals surface area contributed by atoms with Gasteiger partial charge in [-0.15, -0.1) is 0 Å². The van der Waals surface area contributed by atoms with E-state index in [9.17, 15) is 4.79 Å². The van der Waals surface area contributed by atoms with Crippen LogP contribution in [0.3, 0.4) is 0 Å². The highest BCUT2D eigenvalue weighted by atomic mass is 16.4. The molecule has 1 unspecified atom stereocenters. The first-order valence-electron chi connectivity index (χ1n) is 9.24. The van der Waals surface area contributed by atoms with Gasteiger partial charge in [-0.05, 0) is 18.3 Å². The number of hydrogen-bond donors (Lipinski definition) is 1. The monoisotopic (exact) mass is 298 g/mol. The Kier molecular flexibility index (Phi) is 14.0. The predicted octanol–water partition coefficient (Wildman–Crippen LogP) is 6.43. The molecule has 0 aliphatic rings. The Balaban J connectivity index is 3.15. The molecule has 0 bridgehead atoms. The molecule has 126 valence electrons. The Morgan fingerprint density at radius 2 is 1.19 bits per heavy atom. The fourth-order valence-electron chi connectivity index (χ4n) is 2.85. The summed E-state index contributed by atoms with van der Waals surface area (Å²) in [6, 6.07) is 0. The molecule has 2 nitrogen and oxygen atoms in total. The van der Waals surface area contributed by atoms with Crippen molar-refractivity contribution in [2.75, 3.05) is 0 Å². The SMILES string of the molecule is CC(C)CCCC(C)CCCCCCCCCCC(=O)O. The Hall–Kier alpha value is -0.530. The molecule has 0 aromatic carbocycles. The summed E-state index contributed by atoms with van der Waals surface area (Å²) in [6.45, 7) is 7.03. The van der Waals surface area contributed by atoms with Crippen LogP contribution in [-0.2, 0) is 4.79 Å². The standard InChI is InChI=1S/C19H38O2/c1-17(2)13-12-15-18(3)14-10-8-6-4-5-7-9-11-16-19(20)21/h17-18H,4-16H2,1-3H3,(H,20,21). The van der Waals surface area contributed by atoms with Gasteiger partial charge in [-0.3, -0.25) is 4.79 Å². The molecule has 0 saturated heterocycles. The van der Waals surface area contributed by atoms with Crippen molar-refractivity contribution in [3.05, 3.63) is 0 Å². The largest absolute Gasteiger partial charge is 0.481 e. The van der Waals surface area contributed by atoms with Gasteiger partial charge < -0.3 is 5.11 Å². The van der Waals surface area contributed by atoms with Gasteiger partial charge in [0.25, 0.3) is 0 Å². The van der Waals surface area contributed by atoms with E-state index in [1.54, 1.807) is 0 Å². The number of aliphatic carboxylic acids is 1. The minimum absolute atomic E-state index is 0.342. The quantitative estimate of drug-likeness (QED) is 0.353.